The smallest absolute Gasteiger partial charge is 0.222 e. The molecule has 15 heavy (non-hydrogen) atoms. The molecule has 80 valence electrons. The second-order valence-electron chi connectivity index (χ2n) is 3.85. The van der Waals surface area contributed by atoms with E-state index in [-0.39, 0.29) is 12.1 Å². The molecule has 1 aromatic rings. The third kappa shape index (κ3) is 3.06. The van der Waals surface area contributed by atoms with Crippen LogP contribution in [0.4, 0.5) is 0 Å². The number of carbonyl (C=O) groups excluding carboxylic acids is 1. The Kier molecular flexibility index (Phi) is 3.35. The Morgan fingerprint density at radius 2 is 2.07 bits per heavy atom. The Labute approximate surface area is 89.9 Å². The van der Waals surface area contributed by atoms with Crippen LogP contribution < -0.4 is 10.6 Å². The van der Waals surface area contributed by atoms with Crippen molar-refractivity contribution in [3.8, 4) is 0 Å². The maximum atomic E-state index is 11.1. The molecule has 2 rings (SSSR count). The molecule has 0 radical (unpaired) electrons. The topological polar surface area (TPSA) is 41.1 Å². The molecular formula is C12H16N2O. The first-order valence-corrected chi connectivity index (χ1v) is 5.41. The lowest BCUT2D eigenvalue weighted by Gasteiger charge is -2.24. The molecule has 3 heteroatoms. The summed E-state index contributed by atoms with van der Waals surface area (Å²) in [6, 6.07) is 10.3. The van der Waals surface area contributed by atoms with Crippen molar-refractivity contribution in [3.63, 3.8) is 0 Å². The molecule has 0 saturated carbocycles. The highest BCUT2D eigenvalue weighted by Crippen LogP contribution is 2.05. The Balaban J connectivity index is 1.80. The zero-order valence-electron chi connectivity index (χ0n) is 8.70. The van der Waals surface area contributed by atoms with Crippen molar-refractivity contribution in [3.05, 3.63) is 35.9 Å². The summed E-state index contributed by atoms with van der Waals surface area (Å²) in [5.41, 5.74) is 1.32. The van der Waals surface area contributed by atoms with Gasteiger partial charge in [-0.3, -0.25) is 10.1 Å². The number of benzene rings is 1. The lowest BCUT2D eigenvalue weighted by Crippen LogP contribution is -2.51. The van der Waals surface area contributed by atoms with Crippen LogP contribution in [0.2, 0.25) is 0 Å². The van der Waals surface area contributed by atoms with Gasteiger partial charge < -0.3 is 5.32 Å². The molecular weight excluding hydrogens is 188 g/mol. The second-order valence-corrected chi connectivity index (χ2v) is 3.85. The molecule has 0 aromatic heterocycles. The van der Waals surface area contributed by atoms with Crippen molar-refractivity contribution in [2.45, 2.75) is 25.4 Å². The van der Waals surface area contributed by atoms with Gasteiger partial charge in [0, 0.05) is 13.0 Å². The van der Waals surface area contributed by atoms with E-state index in [4.69, 9.17) is 0 Å². The zero-order valence-corrected chi connectivity index (χ0v) is 8.70. The Hall–Kier alpha value is -1.35. The van der Waals surface area contributed by atoms with Gasteiger partial charge in [0.25, 0.3) is 0 Å². The molecule has 1 unspecified atom stereocenters. The van der Waals surface area contributed by atoms with E-state index in [1.165, 1.54) is 5.56 Å². The highest BCUT2D eigenvalue weighted by Gasteiger charge is 2.16. The average Bonchev–Trinajstić information content (AvgIpc) is 2.28. The minimum atomic E-state index is 0.145. The van der Waals surface area contributed by atoms with E-state index in [2.05, 4.69) is 22.8 Å². The van der Waals surface area contributed by atoms with Crippen LogP contribution in [0.15, 0.2) is 30.3 Å². The lowest BCUT2D eigenvalue weighted by molar-refractivity contribution is -0.123. The molecule has 1 fully saturated rings. The molecule has 1 aliphatic heterocycles. The number of nitrogens with one attached hydrogen (secondary N) is 2. The standard InChI is InChI=1S/C12H16N2O/c15-12-8-9-13-11(14-12)7-6-10-4-2-1-3-5-10/h1-5,11,13H,6-9H2,(H,14,15). The first-order valence-electron chi connectivity index (χ1n) is 5.41. The SMILES string of the molecule is O=C1CCNC(CCc2ccccc2)N1. The van der Waals surface area contributed by atoms with Crippen LogP contribution in [0.3, 0.4) is 0 Å². The summed E-state index contributed by atoms with van der Waals surface area (Å²) < 4.78 is 0. The fourth-order valence-electron chi connectivity index (χ4n) is 1.81. The minimum Gasteiger partial charge on any atom is -0.341 e. The van der Waals surface area contributed by atoms with E-state index >= 15 is 0 Å². The number of carbonyl (C=O) groups is 1. The van der Waals surface area contributed by atoms with Gasteiger partial charge in [0.1, 0.15) is 0 Å². The quantitative estimate of drug-likeness (QED) is 0.773. The summed E-state index contributed by atoms with van der Waals surface area (Å²) >= 11 is 0. The van der Waals surface area contributed by atoms with Crippen molar-refractivity contribution in [1.29, 1.82) is 0 Å². The van der Waals surface area contributed by atoms with Crippen molar-refractivity contribution in [2.75, 3.05) is 6.54 Å². The predicted molar refractivity (Wildman–Crippen MR) is 59.3 cm³/mol. The van der Waals surface area contributed by atoms with E-state index in [1.807, 2.05) is 18.2 Å². The first kappa shape index (κ1) is 10.2. The molecule has 1 aliphatic rings. The van der Waals surface area contributed by atoms with Crippen LogP contribution in [0.1, 0.15) is 18.4 Å². The number of hydrogen-bond donors (Lipinski definition) is 2. The summed E-state index contributed by atoms with van der Waals surface area (Å²) in [7, 11) is 0. The fraction of sp³-hybridized carbons (Fsp3) is 0.417. The van der Waals surface area contributed by atoms with Gasteiger partial charge in [-0.1, -0.05) is 30.3 Å². The van der Waals surface area contributed by atoms with Crippen LogP contribution in [-0.2, 0) is 11.2 Å². The largest absolute Gasteiger partial charge is 0.341 e. The van der Waals surface area contributed by atoms with Crippen LogP contribution in [0.5, 0.6) is 0 Å². The maximum Gasteiger partial charge on any atom is 0.222 e. The van der Waals surface area contributed by atoms with Crippen LogP contribution in [0, 0.1) is 0 Å². The van der Waals surface area contributed by atoms with E-state index < -0.39 is 0 Å². The maximum absolute atomic E-state index is 11.1. The highest BCUT2D eigenvalue weighted by molar-refractivity contribution is 5.77. The molecule has 1 heterocycles. The number of rotatable bonds is 3. The van der Waals surface area contributed by atoms with Gasteiger partial charge in [-0.2, -0.15) is 0 Å². The molecule has 0 spiro atoms. The third-order valence-corrected chi connectivity index (χ3v) is 2.64. The van der Waals surface area contributed by atoms with E-state index in [9.17, 15) is 4.79 Å². The summed E-state index contributed by atoms with van der Waals surface area (Å²) in [6.45, 7) is 0.797. The van der Waals surface area contributed by atoms with Gasteiger partial charge in [0.15, 0.2) is 0 Å². The third-order valence-electron chi connectivity index (χ3n) is 2.64. The summed E-state index contributed by atoms with van der Waals surface area (Å²) in [4.78, 5) is 11.1. The molecule has 0 bridgehead atoms. The summed E-state index contributed by atoms with van der Waals surface area (Å²) in [6.07, 6.45) is 2.70. The van der Waals surface area contributed by atoms with Crippen molar-refractivity contribution >= 4 is 5.91 Å². The number of hydrogen-bond acceptors (Lipinski definition) is 2. The van der Waals surface area contributed by atoms with Crippen molar-refractivity contribution in [2.24, 2.45) is 0 Å². The van der Waals surface area contributed by atoms with Gasteiger partial charge >= 0.3 is 0 Å². The molecule has 0 aliphatic carbocycles. The van der Waals surface area contributed by atoms with Crippen LogP contribution in [0.25, 0.3) is 0 Å². The summed E-state index contributed by atoms with van der Waals surface area (Å²) in [5, 5.41) is 6.22. The van der Waals surface area contributed by atoms with E-state index in [0.717, 1.165) is 19.4 Å². The van der Waals surface area contributed by atoms with Crippen molar-refractivity contribution < 1.29 is 4.79 Å². The molecule has 1 atom stereocenters. The van der Waals surface area contributed by atoms with Gasteiger partial charge in [-0.05, 0) is 18.4 Å². The molecule has 1 amide bonds. The molecule has 2 N–H and O–H groups in total. The molecule has 1 aromatic carbocycles. The minimum absolute atomic E-state index is 0.145. The Bertz CT molecular complexity index is 324. The monoisotopic (exact) mass is 204 g/mol. The first-order chi connectivity index (χ1) is 7.34. The zero-order chi connectivity index (χ0) is 10.5. The van der Waals surface area contributed by atoms with Crippen LogP contribution in [-0.4, -0.2) is 18.6 Å². The average molecular weight is 204 g/mol. The van der Waals surface area contributed by atoms with Gasteiger partial charge in [0.05, 0.1) is 6.17 Å². The van der Waals surface area contributed by atoms with Crippen molar-refractivity contribution in [1.82, 2.24) is 10.6 Å². The predicted octanol–water partition coefficient (Wildman–Crippen LogP) is 1.05. The normalized spacial score (nSPS) is 21.1. The second kappa shape index (κ2) is 4.94. The number of aryl methyl sites for hydroxylation is 1. The molecule has 3 nitrogen and oxygen atoms in total. The van der Waals surface area contributed by atoms with Gasteiger partial charge in [-0.15, -0.1) is 0 Å². The summed E-state index contributed by atoms with van der Waals surface area (Å²) in [5.74, 6) is 0.159. The Morgan fingerprint density at radius 1 is 1.27 bits per heavy atom. The van der Waals surface area contributed by atoms with Crippen LogP contribution >= 0.6 is 0 Å². The number of amides is 1. The van der Waals surface area contributed by atoms with Gasteiger partial charge in [0.2, 0.25) is 5.91 Å². The lowest BCUT2D eigenvalue weighted by atomic mass is 10.1. The molecule has 1 saturated heterocycles. The Morgan fingerprint density at radius 3 is 2.80 bits per heavy atom. The highest BCUT2D eigenvalue weighted by atomic mass is 16.1. The van der Waals surface area contributed by atoms with Gasteiger partial charge in [-0.25, -0.2) is 0 Å². The van der Waals surface area contributed by atoms with E-state index in [1.54, 1.807) is 0 Å². The van der Waals surface area contributed by atoms with E-state index in [0.29, 0.717) is 6.42 Å². The fourth-order valence-corrected chi connectivity index (χ4v) is 1.81.